The van der Waals surface area contributed by atoms with Crippen LogP contribution in [0.1, 0.15) is 20.3 Å². The van der Waals surface area contributed by atoms with Gasteiger partial charge in [-0.25, -0.2) is 8.78 Å². The molecular weight excluding hydrogens is 222 g/mol. The highest BCUT2D eigenvalue weighted by Crippen LogP contribution is 2.36. The Kier molecular flexibility index (Phi) is 4.23. The van der Waals surface area contributed by atoms with Gasteiger partial charge >= 0.3 is 0 Å². The Morgan fingerprint density at radius 3 is 2.38 bits per heavy atom. The SMILES string of the molecule is CC(C)C(F)(F)[C@H]1C[C@@H](O)[C@@H](O)[C@@H](CO)O1. The number of alkyl halides is 2. The number of hydrogen-bond donors (Lipinski definition) is 3. The van der Waals surface area contributed by atoms with Crippen LogP contribution in [0, 0.1) is 5.92 Å². The van der Waals surface area contributed by atoms with Crippen LogP contribution >= 0.6 is 0 Å². The van der Waals surface area contributed by atoms with E-state index < -0.39 is 42.9 Å². The van der Waals surface area contributed by atoms with Crippen LogP contribution < -0.4 is 0 Å². The predicted octanol–water partition coefficient (Wildman–Crippen LogP) is 0.149. The second-order valence-corrected chi connectivity index (χ2v) is 4.47. The molecule has 0 aromatic heterocycles. The van der Waals surface area contributed by atoms with Gasteiger partial charge in [0.15, 0.2) is 0 Å². The molecule has 96 valence electrons. The molecule has 1 saturated heterocycles. The normalized spacial score (nSPS) is 36.8. The van der Waals surface area contributed by atoms with E-state index in [0.717, 1.165) is 0 Å². The Balaban J connectivity index is 2.77. The van der Waals surface area contributed by atoms with E-state index in [-0.39, 0.29) is 6.42 Å². The average molecular weight is 240 g/mol. The first-order valence-electron chi connectivity index (χ1n) is 5.31. The number of aliphatic hydroxyl groups is 3. The summed E-state index contributed by atoms with van der Waals surface area (Å²) in [4.78, 5) is 0. The lowest BCUT2D eigenvalue weighted by Crippen LogP contribution is -2.55. The number of rotatable bonds is 3. The van der Waals surface area contributed by atoms with E-state index in [1.54, 1.807) is 0 Å². The molecule has 0 unspecified atom stereocenters. The van der Waals surface area contributed by atoms with Gasteiger partial charge in [0.1, 0.15) is 18.3 Å². The van der Waals surface area contributed by atoms with Crippen LogP contribution in [-0.4, -0.2) is 52.3 Å². The molecule has 4 nitrogen and oxygen atoms in total. The third-order valence-electron chi connectivity index (χ3n) is 2.95. The Labute approximate surface area is 92.8 Å². The Bertz CT molecular complexity index is 235. The summed E-state index contributed by atoms with van der Waals surface area (Å²) in [5, 5.41) is 27.7. The zero-order valence-electron chi connectivity index (χ0n) is 9.31. The van der Waals surface area contributed by atoms with Gasteiger partial charge in [-0.2, -0.15) is 0 Å². The Hall–Kier alpha value is -0.300. The number of ether oxygens (including phenoxy) is 1. The topological polar surface area (TPSA) is 69.9 Å². The van der Waals surface area contributed by atoms with Gasteiger partial charge < -0.3 is 20.1 Å². The van der Waals surface area contributed by atoms with Crippen LogP contribution in [0.3, 0.4) is 0 Å². The first-order valence-corrected chi connectivity index (χ1v) is 5.31. The standard InChI is InChI=1S/C10H18F2O4/c1-5(2)10(11,12)8-3-6(14)9(15)7(4-13)16-8/h5-9,13-15H,3-4H2,1-2H3/t6-,7-,8-,9-/m1/s1. The minimum atomic E-state index is -3.09. The van der Waals surface area contributed by atoms with Crippen LogP contribution in [0.5, 0.6) is 0 Å². The lowest BCUT2D eigenvalue weighted by atomic mass is 9.90. The molecule has 0 radical (unpaired) electrons. The molecule has 0 aliphatic carbocycles. The third kappa shape index (κ3) is 2.51. The maximum absolute atomic E-state index is 13.6. The maximum Gasteiger partial charge on any atom is 0.276 e. The first kappa shape index (κ1) is 13.8. The van der Waals surface area contributed by atoms with Crippen LogP contribution in [0.2, 0.25) is 0 Å². The largest absolute Gasteiger partial charge is 0.394 e. The van der Waals surface area contributed by atoms with Crippen molar-refractivity contribution < 1.29 is 28.8 Å². The monoisotopic (exact) mass is 240 g/mol. The van der Waals surface area contributed by atoms with Crippen molar-refractivity contribution in [1.29, 1.82) is 0 Å². The van der Waals surface area contributed by atoms with Crippen molar-refractivity contribution in [2.45, 2.75) is 50.6 Å². The predicted molar refractivity (Wildman–Crippen MR) is 52.2 cm³/mol. The number of halogens is 2. The highest BCUT2D eigenvalue weighted by atomic mass is 19.3. The third-order valence-corrected chi connectivity index (χ3v) is 2.95. The Morgan fingerprint density at radius 1 is 1.38 bits per heavy atom. The summed E-state index contributed by atoms with van der Waals surface area (Å²) in [7, 11) is 0. The molecule has 0 amide bonds. The maximum atomic E-state index is 13.6. The van der Waals surface area contributed by atoms with Gasteiger partial charge in [0.2, 0.25) is 0 Å². The van der Waals surface area contributed by atoms with Crippen molar-refractivity contribution in [3.8, 4) is 0 Å². The molecule has 0 saturated carbocycles. The van der Waals surface area contributed by atoms with Crippen molar-refractivity contribution in [1.82, 2.24) is 0 Å². The molecule has 1 aliphatic rings. The van der Waals surface area contributed by atoms with Gasteiger partial charge in [-0.15, -0.1) is 0 Å². The summed E-state index contributed by atoms with van der Waals surface area (Å²) in [6, 6.07) is 0. The lowest BCUT2D eigenvalue weighted by molar-refractivity contribution is -0.249. The summed E-state index contributed by atoms with van der Waals surface area (Å²) in [5.74, 6) is -4.02. The molecule has 1 aliphatic heterocycles. The Morgan fingerprint density at radius 2 is 1.94 bits per heavy atom. The molecule has 6 heteroatoms. The molecule has 1 fully saturated rings. The molecule has 4 atom stereocenters. The van der Waals surface area contributed by atoms with Crippen molar-refractivity contribution in [3.05, 3.63) is 0 Å². The van der Waals surface area contributed by atoms with Crippen LogP contribution in [-0.2, 0) is 4.74 Å². The van der Waals surface area contributed by atoms with E-state index in [4.69, 9.17) is 9.84 Å². The molecule has 16 heavy (non-hydrogen) atoms. The van der Waals surface area contributed by atoms with Gasteiger partial charge in [-0.3, -0.25) is 0 Å². The highest BCUT2D eigenvalue weighted by Gasteiger charge is 2.50. The van der Waals surface area contributed by atoms with Crippen molar-refractivity contribution in [2.75, 3.05) is 6.61 Å². The summed E-state index contributed by atoms with van der Waals surface area (Å²) in [6.45, 7) is 2.12. The molecule has 0 aromatic carbocycles. The second kappa shape index (κ2) is 4.91. The minimum Gasteiger partial charge on any atom is -0.394 e. The van der Waals surface area contributed by atoms with Gasteiger partial charge in [-0.1, -0.05) is 13.8 Å². The molecule has 1 rings (SSSR count). The summed E-state index contributed by atoms with van der Waals surface area (Å²) >= 11 is 0. The molecule has 0 bridgehead atoms. The van der Waals surface area contributed by atoms with E-state index in [1.165, 1.54) is 13.8 Å². The smallest absolute Gasteiger partial charge is 0.276 e. The highest BCUT2D eigenvalue weighted by molar-refractivity contribution is 4.92. The van der Waals surface area contributed by atoms with E-state index in [1.807, 2.05) is 0 Å². The lowest BCUT2D eigenvalue weighted by Gasteiger charge is -2.40. The first-order chi connectivity index (χ1) is 7.30. The van der Waals surface area contributed by atoms with Gasteiger partial charge in [-0.05, 0) is 0 Å². The molecular formula is C10H18F2O4. The van der Waals surface area contributed by atoms with Crippen molar-refractivity contribution >= 4 is 0 Å². The molecule has 3 N–H and O–H groups in total. The van der Waals surface area contributed by atoms with E-state index in [9.17, 15) is 19.0 Å². The number of hydrogen-bond acceptors (Lipinski definition) is 4. The summed E-state index contributed by atoms with van der Waals surface area (Å²) in [5.41, 5.74) is 0. The van der Waals surface area contributed by atoms with Crippen LogP contribution in [0.25, 0.3) is 0 Å². The zero-order valence-corrected chi connectivity index (χ0v) is 9.31. The molecule has 0 aromatic rings. The zero-order chi connectivity index (χ0) is 12.5. The van der Waals surface area contributed by atoms with Gasteiger partial charge in [0, 0.05) is 12.3 Å². The average Bonchev–Trinajstić information content (AvgIpc) is 2.21. The van der Waals surface area contributed by atoms with Gasteiger partial charge in [0.25, 0.3) is 5.92 Å². The van der Waals surface area contributed by atoms with E-state index in [0.29, 0.717) is 0 Å². The molecule has 0 spiro atoms. The van der Waals surface area contributed by atoms with Crippen LogP contribution in [0.4, 0.5) is 8.78 Å². The summed E-state index contributed by atoms with van der Waals surface area (Å²) in [6.07, 6.45) is -5.56. The second-order valence-electron chi connectivity index (χ2n) is 4.47. The fourth-order valence-electron chi connectivity index (χ4n) is 1.72. The van der Waals surface area contributed by atoms with E-state index in [2.05, 4.69) is 0 Å². The van der Waals surface area contributed by atoms with E-state index >= 15 is 0 Å². The summed E-state index contributed by atoms with van der Waals surface area (Å²) < 4.78 is 32.2. The van der Waals surface area contributed by atoms with Crippen molar-refractivity contribution in [2.24, 2.45) is 5.92 Å². The number of aliphatic hydroxyl groups excluding tert-OH is 3. The quantitative estimate of drug-likeness (QED) is 0.656. The fraction of sp³-hybridized carbons (Fsp3) is 1.00. The molecule has 1 heterocycles. The fourth-order valence-corrected chi connectivity index (χ4v) is 1.72. The van der Waals surface area contributed by atoms with Crippen LogP contribution in [0.15, 0.2) is 0 Å². The minimum absolute atomic E-state index is 0.331. The van der Waals surface area contributed by atoms with Crippen molar-refractivity contribution in [3.63, 3.8) is 0 Å². The van der Waals surface area contributed by atoms with Gasteiger partial charge in [0.05, 0.1) is 12.7 Å².